The number of rotatable bonds is 2. The molecular weight excluding hydrogens is 190 g/mol. The Balaban J connectivity index is 3.17. The molecule has 15 heavy (non-hydrogen) atoms. The monoisotopic (exact) mass is 207 g/mol. The summed E-state index contributed by atoms with van der Waals surface area (Å²) in [7, 11) is 0. The van der Waals surface area contributed by atoms with Crippen molar-refractivity contribution in [2.24, 2.45) is 5.41 Å². The van der Waals surface area contributed by atoms with Gasteiger partial charge in [-0.3, -0.25) is 4.57 Å². The van der Waals surface area contributed by atoms with Crippen molar-refractivity contribution in [3.05, 3.63) is 12.1 Å². The van der Waals surface area contributed by atoms with E-state index in [1.54, 1.807) is 0 Å². The second kappa shape index (κ2) is 3.90. The van der Waals surface area contributed by atoms with Gasteiger partial charge in [-0.15, -0.1) is 12.3 Å². The Hall–Kier alpha value is -1.56. The molecule has 0 amide bonds. The van der Waals surface area contributed by atoms with E-state index in [4.69, 9.17) is 6.42 Å². The van der Waals surface area contributed by atoms with Gasteiger partial charge in [-0.25, -0.2) is 0 Å². The van der Waals surface area contributed by atoms with Gasteiger partial charge in [0, 0.05) is 18.6 Å². The molecule has 0 fully saturated rings. The lowest BCUT2D eigenvalue weighted by Gasteiger charge is -2.31. The molecule has 0 saturated heterocycles. The molecule has 1 aromatic heterocycles. The van der Waals surface area contributed by atoms with E-state index in [-0.39, 0.29) is 23.2 Å². The molecule has 3 nitrogen and oxygen atoms in total. The molecule has 1 atom stereocenters. The Morgan fingerprint density at radius 2 is 1.80 bits per heavy atom. The summed E-state index contributed by atoms with van der Waals surface area (Å²) < 4.78 is 1.47. The normalized spacial score (nSPS) is 13.5. The summed E-state index contributed by atoms with van der Waals surface area (Å²) in [6.45, 7) is 6.07. The van der Waals surface area contributed by atoms with Gasteiger partial charge in [-0.05, 0) is 5.41 Å². The number of hydrogen-bond acceptors (Lipinski definition) is 2. The van der Waals surface area contributed by atoms with Gasteiger partial charge in [0.15, 0.2) is 11.8 Å². The fourth-order valence-electron chi connectivity index (χ4n) is 1.64. The summed E-state index contributed by atoms with van der Waals surface area (Å²) in [5.41, 5.74) is -0.125. The Bertz CT molecular complexity index is 360. The predicted octanol–water partition coefficient (Wildman–Crippen LogP) is 2.51. The van der Waals surface area contributed by atoms with Gasteiger partial charge in [-0.1, -0.05) is 20.8 Å². The van der Waals surface area contributed by atoms with Gasteiger partial charge in [0.1, 0.15) is 0 Å². The first-order valence-corrected chi connectivity index (χ1v) is 4.90. The van der Waals surface area contributed by atoms with Crippen LogP contribution in [0, 0.1) is 17.8 Å². The van der Waals surface area contributed by atoms with Gasteiger partial charge in [0.25, 0.3) is 0 Å². The highest BCUT2D eigenvalue weighted by Gasteiger charge is 2.28. The Labute approximate surface area is 90.4 Å². The van der Waals surface area contributed by atoms with Gasteiger partial charge < -0.3 is 10.2 Å². The van der Waals surface area contributed by atoms with E-state index < -0.39 is 0 Å². The van der Waals surface area contributed by atoms with Crippen molar-refractivity contribution in [2.45, 2.75) is 33.2 Å². The molecule has 0 bridgehead atoms. The number of aromatic nitrogens is 1. The van der Waals surface area contributed by atoms with Crippen LogP contribution in [-0.4, -0.2) is 14.8 Å². The van der Waals surface area contributed by atoms with Gasteiger partial charge in [-0.2, -0.15) is 0 Å². The summed E-state index contributed by atoms with van der Waals surface area (Å²) in [5.74, 6) is 2.66. The van der Waals surface area contributed by atoms with E-state index in [1.807, 2.05) is 20.8 Å². The zero-order valence-electron chi connectivity index (χ0n) is 9.36. The third kappa shape index (κ3) is 2.27. The van der Waals surface area contributed by atoms with E-state index in [0.717, 1.165) is 0 Å². The molecule has 2 N–H and O–H groups in total. The van der Waals surface area contributed by atoms with Crippen LogP contribution in [0.25, 0.3) is 0 Å². The lowest BCUT2D eigenvalue weighted by atomic mass is 9.84. The molecule has 0 spiro atoms. The number of aromatic hydroxyl groups is 2. The summed E-state index contributed by atoms with van der Waals surface area (Å²) in [6.07, 6.45) is 5.78. The number of nitrogens with zero attached hydrogens (tertiary/aromatic N) is 1. The van der Waals surface area contributed by atoms with Gasteiger partial charge >= 0.3 is 0 Å². The van der Waals surface area contributed by atoms with Crippen molar-refractivity contribution in [2.75, 3.05) is 0 Å². The molecule has 1 aromatic rings. The fraction of sp³-hybridized carbons (Fsp3) is 0.500. The maximum atomic E-state index is 9.63. The first-order chi connectivity index (χ1) is 6.88. The van der Waals surface area contributed by atoms with Crippen molar-refractivity contribution in [3.63, 3.8) is 0 Å². The Kier molecular flexibility index (Phi) is 2.99. The zero-order chi connectivity index (χ0) is 11.6. The second-order valence-corrected chi connectivity index (χ2v) is 4.71. The molecule has 3 heteroatoms. The quantitative estimate of drug-likeness (QED) is 0.732. The minimum absolute atomic E-state index is 0.0441. The summed E-state index contributed by atoms with van der Waals surface area (Å²) in [6, 6.07) is 2.81. The van der Waals surface area contributed by atoms with E-state index in [0.29, 0.717) is 6.42 Å². The van der Waals surface area contributed by atoms with Gasteiger partial charge in [0.2, 0.25) is 0 Å². The van der Waals surface area contributed by atoms with Crippen LogP contribution >= 0.6 is 0 Å². The van der Waals surface area contributed by atoms with Crippen molar-refractivity contribution in [3.8, 4) is 24.1 Å². The smallest absolute Gasteiger partial charge is 0.194 e. The van der Waals surface area contributed by atoms with E-state index in [1.165, 1.54) is 16.7 Å². The van der Waals surface area contributed by atoms with E-state index in [2.05, 4.69) is 5.92 Å². The highest BCUT2D eigenvalue weighted by Crippen LogP contribution is 2.39. The molecule has 82 valence electrons. The van der Waals surface area contributed by atoms with E-state index in [9.17, 15) is 10.2 Å². The molecule has 0 saturated carbocycles. The van der Waals surface area contributed by atoms with Crippen LogP contribution in [0.2, 0.25) is 0 Å². The van der Waals surface area contributed by atoms with Crippen molar-refractivity contribution in [1.82, 2.24) is 4.57 Å². The zero-order valence-corrected chi connectivity index (χ0v) is 9.36. The molecule has 0 aliphatic carbocycles. The van der Waals surface area contributed by atoms with E-state index >= 15 is 0 Å². The highest BCUT2D eigenvalue weighted by molar-refractivity contribution is 5.26. The van der Waals surface area contributed by atoms with Crippen LogP contribution in [0.3, 0.4) is 0 Å². The van der Waals surface area contributed by atoms with Crippen LogP contribution in [0.15, 0.2) is 12.1 Å². The first-order valence-electron chi connectivity index (χ1n) is 4.90. The topological polar surface area (TPSA) is 45.4 Å². The van der Waals surface area contributed by atoms with Gasteiger partial charge in [0.05, 0.1) is 6.04 Å². The third-order valence-corrected chi connectivity index (χ3v) is 2.50. The van der Waals surface area contributed by atoms with Crippen molar-refractivity contribution < 1.29 is 10.2 Å². The summed E-state index contributed by atoms with van der Waals surface area (Å²) >= 11 is 0. The maximum Gasteiger partial charge on any atom is 0.194 e. The predicted molar refractivity (Wildman–Crippen MR) is 59.7 cm³/mol. The average Bonchev–Trinajstić information content (AvgIpc) is 2.41. The average molecular weight is 207 g/mol. The summed E-state index contributed by atoms with van der Waals surface area (Å²) in [5, 5.41) is 19.3. The molecule has 1 rings (SSSR count). The fourth-order valence-corrected chi connectivity index (χ4v) is 1.64. The largest absolute Gasteiger partial charge is 0.494 e. The van der Waals surface area contributed by atoms with Crippen LogP contribution in [0.4, 0.5) is 0 Å². The molecule has 1 heterocycles. The van der Waals surface area contributed by atoms with Crippen LogP contribution < -0.4 is 0 Å². The third-order valence-electron chi connectivity index (χ3n) is 2.50. The van der Waals surface area contributed by atoms with Crippen molar-refractivity contribution in [1.29, 1.82) is 0 Å². The molecule has 0 aliphatic rings. The SMILES string of the molecule is C#CCC(n1c(O)ccc1O)C(C)(C)C. The molecule has 1 unspecified atom stereocenters. The highest BCUT2D eigenvalue weighted by atomic mass is 16.3. The van der Waals surface area contributed by atoms with Crippen LogP contribution in [0.1, 0.15) is 33.2 Å². The minimum Gasteiger partial charge on any atom is -0.494 e. The molecule has 0 aliphatic heterocycles. The summed E-state index contributed by atoms with van der Waals surface area (Å²) in [4.78, 5) is 0. The first kappa shape index (κ1) is 11.5. The van der Waals surface area contributed by atoms with Crippen molar-refractivity contribution >= 4 is 0 Å². The molecule has 0 radical (unpaired) electrons. The minimum atomic E-state index is -0.125. The lowest BCUT2D eigenvalue weighted by molar-refractivity contribution is 0.210. The maximum absolute atomic E-state index is 9.63. The number of terminal acetylenes is 1. The molecule has 0 aromatic carbocycles. The standard InChI is InChI=1S/C12H17NO2/c1-5-6-9(12(2,3)4)13-10(14)7-8-11(13)15/h1,7-9,14-15H,6H2,2-4H3. The second-order valence-electron chi connectivity index (χ2n) is 4.71. The Morgan fingerprint density at radius 3 is 2.13 bits per heavy atom. The van der Waals surface area contributed by atoms with Crippen LogP contribution in [-0.2, 0) is 0 Å². The van der Waals surface area contributed by atoms with Crippen LogP contribution in [0.5, 0.6) is 11.8 Å². The Morgan fingerprint density at radius 1 is 1.33 bits per heavy atom. The molecular formula is C12H17NO2. The number of hydrogen-bond donors (Lipinski definition) is 2. The lowest BCUT2D eigenvalue weighted by Crippen LogP contribution is -2.23.